The first kappa shape index (κ1) is 8.20. The summed E-state index contributed by atoms with van der Waals surface area (Å²) in [6.07, 6.45) is 2.77. The number of hydrogen-bond donors (Lipinski definition) is 1. The number of likely N-dealkylation sites (N-methyl/N-ethyl adjacent to an activating group) is 1. The number of piperidine rings is 1. The van der Waals surface area contributed by atoms with Crippen molar-refractivity contribution in [1.82, 2.24) is 10.2 Å². The van der Waals surface area contributed by atoms with Crippen molar-refractivity contribution in [3.8, 4) is 0 Å². The van der Waals surface area contributed by atoms with Gasteiger partial charge in [0.1, 0.15) is 0 Å². The molecular weight excluding hydrogens is 152 g/mol. The molecule has 12 heavy (non-hydrogen) atoms. The first-order chi connectivity index (χ1) is 5.76. The number of nitrogens with zero attached hydrogens (tertiary/aromatic N) is 1. The molecule has 1 spiro atoms. The van der Waals surface area contributed by atoms with Gasteiger partial charge in [0.15, 0.2) is 5.78 Å². The normalized spacial score (nSPS) is 29.9. The van der Waals surface area contributed by atoms with Gasteiger partial charge in [0.05, 0.1) is 5.54 Å². The van der Waals surface area contributed by atoms with E-state index in [2.05, 4.69) is 17.3 Å². The Bertz CT molecular complexity index is 197. The van der Waals surface area contributed by atoms with Gasteiger partial charge in [-0.05, 0) is 33.0 Å². The van der Waals surface area contributed by atoms with Crippen molar-refractivity contribution in [2.45, 2.75) is 24.8 Å². The van der Waals surface area contributed by atoms with E-state index < -0.39 is 0 Å². The SMILES string of the molecule is CN1CCC(=O)C12CCNCC2. The van der Waals surface area contributed by atoms with Crippen LogP contribution in [0.1, 0.15) is 19.3 Å². The number of nitrogens with one attached hydrogen (secondary N) is 1. The van der Waals surface area contributed by atoms with Crippen LogP contribution < -0.4 is 5.32 Å². The lowest BCUT2D eigenvalue weighted by molar-refractivity contribution is -0.126. The lowest BCUT2D eigenvalue weighted by Gasteiger charge is -2.38. The fourth-order valence-electron chi connectivity index (χ4n) is 2.43. The first-order valence-corrected chi connectivity index (χ1v) is 4.71. The highest BCUT2D eigenvalue weighted by atomic mass is 16.1. The monoisotopic (exact) mass is 168 g/mol. The molecule has 0 bridgehead atoms. The quantitative estimate of drug-likeness (QED) is 0.553. The Kier molecular flexibility index (Phi) is 1.93. The maximum absolute atomic E-state index is 11.7. The Labute approximate surface area is 73.1 Å². The summed E-state index contributed by atoms with van der Waals surface area (Å²) in [5.74, 6) is 0.464. The number of carbonyl (C=O) groups excluding carboxylic acids is 1. The van der Waals surface area contributed by atoms with Gasteiger partial charge < -0.3 is 5.32 Å². The zero-order chi connectivity index (χ0) is 8.60. The summed E-state index contributed by atoms with van der Waals surface area (Å²) < 4.78 is 0. The molecule has 2 aliphatic heterocycles. The molecule has 0 amide bonds. The Balaban J connectivity index is 2.20. The van der Waals surface area contributed by atoms with E-state index >= 15 is 0 Å². The van der Waals surface area contributed by atoms with Gasteiger partial charge in [-0.3, -0.25) is 9.69 Å². The summed E-state index contributed by atoms with van der Waals surface area (Å²) in [5, 5.41) is 3.30. The van der Waals surface area contributed by atoms with Gasteiger partial charge in [0, 0.05) is 13.0 Å². The first-order valence-electron chi connectivity index (χ1n) is 4.71. The van der Waals surface area contributed by atoms with Crippen LogP contribution in [0.3, 0.4) is 0 Å². The van der Waals surface area contributed by atoms with E-state index in [-0.39, 0.29) is 5.54 Å². The van der Waals surface area contributed by atoms with Gasteiger partial charge in [-0.1, -0.05) is 0 Å². The predicted octanol–water partition coefficient (Wildman–Crippen LogP) is 0.0132. The zero-order valence-corrected chi connectivity index (χ0v) is 7.60. The number of ketones is 1. The molecule has 3 heteroatoms. The van der Waals surface area contributed by atoms with Crippen LogP contribution in [-0.4, -0.2) is 42.9 Å². The van der Waals surface area contributed by atoms with E-state index in [1.165, 1.54) is 0 Å². The summed E-state index contributed by atoms with van der Waals surface area (Å²) in [6, 6.07) is 0. The highest BCUT2D eigenvalue weighted by Crippen LogP contribution is 2.32. The molecule has 2 heterocycles. The molecule has 2 fully saturated rings. The molecule has 0 aromatic rings. The van der Waals surface area contributed by atoms with Gasteiger partial charge in [-0.15, -0.1) is 0 Å². The molecule has 0 aliphatic carbocycles. The predicted molar refractivity (Wildman–Crippen MR) is 47.1 cm³/mol. The fourth-order valence-corrected chi connectivity index (χ4v) is 2.43. The molecular formula is C9H16N2O. The van der Waals surface area contributed by atoms with E-state index in [9.17, 15) is 4.79 Å². The minimum absolute atomic E-state index is 0.0781. The van der Waals surface area contributed by atoms with Crippen molar-refractivity contribution in [2.24, 2.45) is 0 Å². The van der Waals surface area contributed by atoms with Crippen LogP contribution in [0, 0.1) is 0 Å². The Hall–Kier alpha value is -0.410. The average Bonchev–Trinajstić information content (AvgIpc) is 2.36. The fraction of sp³-hybridized carbons (Fsp3) is 0.889. The minimum Gasteiger partial charge on any atom is -0.317 e. The van der Waals surface area contributed by atoms with E-state index in [4.69, 9.17) is 0 Å². The van der Waals surface area contributed by atoms with Crippen molar-refractivity contribution in [2.75, 3.05) is 26.7 Å². The van der Waals surface area contributed by atoms with Crippen molar-refractivity contribution >= 4 is 5.78 Å². The standard InChI is InChI=1S/C9H16N2O/c1-11-7-2-8(12)9(11)3-5-10-6-4-9/h10H,2-7H2,1H3. The molecule has 2 saturated heterocycles. The molecule has 0 radical (unpaired) electrons. The van der Waals surface area contributed by atoms with Gasteiger partial charge in [0.25, 0.3) is 0 Å². The van der Waals surface area contributed by atoms with Crippen LogP contribution >= 0.6 is 0 Å². The summed E-state index contributed by atoms with van der Waals surface area (Å²) in [4.78, 5) is 13.9. The maximum atomic E-state index is 11.7. The Morgan fingerprint density at radius 1 is 1.42 bits per heavy atom. The Morgan fingerprint density at radius 3 is 2.58 bits per heavy atom. The summed E-state index contributed by atoms with van der Waals surface area (Å²) in [6.45, 7) is 2.95. The number of likely N-dealkylation sites (tertiary alicyclic amines) is 1. The zero-order valence-electron chi connectivity index (χ0n) is 7.60. The highest BCUT2D eigenvalue weighted by molar-refractivity contribution is 5.90. The van der Waals surface area contributed by atoms with E-state index in [1.54, 1.807) is 0 Å². The van der Waals surface area contributed by atoms with E-state index in [1.807, 2.05) is 0 Å². The second-order valence-corrected chi connectivity index (χ2v) is 3.88. The average molecular weight is 168 g/mol. The maximum Gasteiger partial charge on any atom is 0.154 e. The lowest BCUT2D eigenvalue weighted by Crippen LogP contribution is -2.53. The number of carbonyl (C=O) groups is 1. The Morgan fingerprint density at radius 2 is 2.08 bits per heavy atom. The van der Waals surface area contributed by atoms with Crippen molar-refractivity contribution in [3.05, 3.63) is 0 Å². The van der Waals surface area contributed by atoms with Gasteiger partial charge in [0.2, 0.25) is 0 Å². The molecule has 0 aromatic carbocycles. The molecule has 2 rings (SSSR count). The smallest absolute Gasteiger partial charge is 0.154 e. The third kappa shape index (κ3) is 1.00. The second-order valence-electron chi connectivity index (χ2n) is 3.88. The number of hydrogen-bond acceptors (Lipinski definition) is 3. The molecule has 0 saturated carbocycles. The third-order valence-corrected chi connectivity index (χ3v) is 3.35. The van der Waals surface area contributed by atoms with Crippen LogP contribution in [0.25, 0.3) is 0 Å². The molecule has 1 N–H and O–H groups in total. The van der Waals surface area contributed by atoms with E-state index in [0.29, 0.717) is 5.78 Å². The third-order valence-electron chi connectivity index (χ3n) is 3.35. The molecule has 0 unspecified atom stereocenters. The van der Waals surface area contributed by atoms with Crippen LogP contribution in [0.2, 0.25) is 0 Å². The molecule has 0 atom stereocenters. The van der Waals surface area contributed by atoms with Crippen molar-refractivity contribution in [3.63, 3.8) is 0 Å². The molecule has 3 nitrogen and oxygen atoms in total. The largest absolute Gasteiger partial charge is 0.317 e. The van der Waals surface area contributed by atoms with Crippen LogP contribution in [0.4, 0.5) is 0 Å². The number of rotatable bonds is 0. The van der Waals surface area contributed by atoms with Crippen molar-refractivity contribution < 1.29 is 4.79 Å². The topological polar surface area (TPSA) is 32.3 Å². The second kappa shape index (κ2) is 2.82. The highest BCUT2D eigenvalue weighted by Gasteiger charge is 2.46. The minimum atomic E-state index is -0.0781. The van der Waals surface area contributed by atoms with Gasteiger partial charge >= 0.3 is 0 Å². The molecule has 2 aliphatic rings. The van der Waals surface area contributed by atoms with Crippen molar-refractivity contribution in [1.29, 1.82) is 0 Å². The van der Waals surface area contributed by atoms with Crippen LogP contribution in [-0.2, 0) is 4.79 Å². The van der Waals surface area contributed by atoms with Gasteiger partial charge in [-0.25, -0.2) is 0 Å². The lowest BCUT2D eigenvalue weighted by atomic mass is 9.85. The van der Waals surface area contributed by atoms with Crippen LogP contribution in [0.5, 0.6) is 0 Å². The summed E-state index contributed by atoms with van der Waals surface area (Å²) >= 11 is 0. The molecule has 68 valence electrons. The summed E-state index contributed by atoms with van der Waals surface area (Å²) in [7, 11) is 2.08. The van der Waals surface area contributed by atoms with Crippen LogP contribution in [0.15, 0.2) is 0 Å². The molecule has 0 aromatic heterocycles. The van der Waals surface area contributed by atoms with E-state index in [0.717, 1.165) is 38.9 Å². The number of Topliss-reactive ketones (excluding diaryl/α,β-unsaturated/α-hetero) is 1. The van der Waals surface area contributed by atoms with Gasteiger partial charge in [-0.2, -0.15) is 0 Å². The summed E-state index contributed by atoms with van der Waals surface area (Å²) in [5.41, 5.74) is -0.0781.